The predicted molar refractivity (Wildman–Crippen MR) is 110 cm³/mol. The molecular weight excluding hydrogens is 378 g/mol. The summed E-state index contributed by atoms with van der Waals surface area (Å²) in [5.74, 6) is 1.57. The molecule has 0 spiro atoms. The molecule has 7 heteroatoms. The lowest BCUT2D eigenvalue weighted by Gasteiger charge is -2.09. The molecule has 6 nitrogen and oxygen atoms in total. The maximum absolute atomic E-state index is 12.0. The van der Waals surface area contributed by atoms with Gasteiger partial charge in [0.1, 0.15) is 17.3 Å². The number of aromatic nitrogens is 1. The molecule has 1 heterocycles. The van der Waals surface area contributed by atoms with Crippen molar-refractivity contribution in [1.82, 2.24) is 4.98 Å². The maximum Gasteiger partial charge on any atom is 0.263 e. The lowest BCUT2D eigenvalue weighted by molar-refractivity contribution is -0.118. The molecule has 0 bridgehead atoms. The second-order valence-corrected chi connectivity index (χ2v) is 6.36. The van der Waals surface area contributed by atoms with Gasteiger partial charge in [-0.25, -0.2) is 4.98 Å². The summed E-state index contributed by atoms with van der Waals surface area (Å²) in [5.41, 5.74) is 1.98. The first-order valence-electron chi connectivity index (χ1n) is 8.63. The first-order valence-corrected chi connectivity index (χ1v) is 9.01. The van der Waals surface area contributed by atoms with Crippen LogP contribution in [0.4, 0.5) is 11.5 Å². The largest absolute Gasteiger partial charge is 0.497 e. The van der Waals surface area contributed by atoms with Crippen molar-refractivity contribution in [2.45, 2.75) is 6.54 Å². The molecule has 28 heavy (non-hydrogen) atoms. The number of rotatable bonds is 8. The molecule has 3 rings (SSSR count). The number of methoxy groups -OCH3 is 1. The van der Waals surface area contributed by atoms with Crippen molar-refractivity contribution in [2.75, 3.05) is 24.4 Å². The molecule has 0 radical (unpaired) electrons. The van der Waals surface area contributed by atoms with Crippen LogP contribution < -0.4 is 20.1 Å². The van der Waals surface area contributed by atoms with Gasteiger partial charge in [-0.1, -0.05) is 23.7 Å². The number of pyridine rings is 1. The van der Waals surface area contributed by atoms with Crippen molar-refractivity contribution < 1.29 is 14.3 Å². The Morgan fingerprint density at radius 1 is 1.00 bits per heavy atom. The van der Waals surface area contributed by atoms with Crippen LogP contribution in [0.1, 0.15) is 5.56 Å². The molecule has 0 aliphatic heterocycles. The van der Waals surface area contributed by atoms with E-state index in [4.69, 9.17) is 21.1 Å². The zero-order chi connectivity index (χ0) is 19.8. The van der Waals surface area contributed by atoms with Crippen molar-refractivity contribution >= 4 is 29.0 Å². The van der Waals surface area contributed by atoms with Crippen LogP contribution in [0.5, 0.6) is 11.5 Å². The monoisotopic (exact) mass is 397 g/mol. The standard InChI is InChI=1S/C21H20ClN3O3/c1-27-18-7-2-15(3-8-18)12-23-17-6-11-20(24-13-17)25-21(26)14-28-19-9-4-16(22)5-10-19/h2-11,13,23H,12,14H2,1H3,(H,24,25,26). The molecule has 0 saturated carbocycles. The van der Waals surface area contributed by atoms with E-state index in [-0.39, 0.29) is 12.5 Å². The summed E-state index contributed by atoms with van der Waals surface area (Å²) in [7, 11) is 1.64. The van der Waals surface area contributed by atoms with Crippen LogP contribution in [-0.4, -0.2) is 24.6 Å². The smallest absolute Gasteiger partial charge is 0.263 e. The van der Waals surface area contributed by atoms with E-state index in [9.17, 15) is 4.79 Å². The number of nitrogens with zero attached hydrogens (tertiary/aromatic N) is 1. The molecule has 144 valence electrons. The SMILES string of the molecule is COc1ccc(CNc2ccc(NC(=O)COc3ccc(Cl)cc3)nc2)cc1. The van der Waals surface area contributed by atoms with Crippen LogP contribution in [0.2, 0.25) is 5.02 Å². The maximum atomic E-state index is 12.0. The summed E-state index contributed by atoms with van der Waals surface area (Å²) in [6.07, 6.45) is 1.67. The van der Waals surface area contributed by atoms with E-state index in [1.807, 2.05) is 30.3 Å². The Bertz CT molecular complexity index is 898. The van der Waals surface area contributed by atoms with Gasteiger partial charge in [0, 0.05) is 11.6 Å². The molecular formula is C21H20ClN3O3. The average Bonchev–Trinajstić information content (AvgIpc) is 2.73. The third-order valence-electron chi connectivity index (χ3n) is 3.87. The molecule has 0 saturated heterocycles. The Balaban J connectivity index is 1.45. The Kier molecular flexibility index (Phi) is 6.70. The van der Waals surface area contributed by atoms with Crippen molar-refractivity contribution in [3.63, 3.8) is 0 Å². The summed E-state index contributed by atoms with van der Waals surface area (Å²) >= 11 is 5.81. The number of nitrogens with one attached hydrogen (secondary N) is 2. The minimum absolute atomic E-state index is 0.110. The quantitative estimate of drug-likeness (QED) is 0.590. The van der Waals surface area contributed by atoms with Crippen LogP contribution in [0.25, 0.3) is 0 Å². The Morgan fingerprint density at radius 2 is 1.71 bits per heavy atom. The van der Waals surface area contributed by atoms with E-state index in [2.05, 4.69) is 15.6 Å². The Labute approximate surface area is 168 Å². The number of carbonyl (C=O) groups excluding carboxylic acids is 1. The van der Waals surface area contributed by atoms with E-state index in [0.29, 0.717) is 23.1 Å². The molecule has 0 aliphatic carbocycles. The van der Waals surface area contributed by atoms with Gasteiger partial charge in [-0.2, -0.15) is 0 Å². The zero-order valence-electron chi connectivity index (χ0n) is 15.3. The minimum Gasteiger partial charge on any atom is -0.497 e. The first-order chi connectivity index (χ1) is 13.6. The first kappa shape index (κ1) is 19.5. The lowest BCUT2D eigenvalue weighted by atomic mass is 10.2. The average molecular weight is 398 g/mol. The number of benzene rings is 2. The van der Waals surface area contributed by atoms with Crippen molar-refractivity contribution in [3.05, 3.63) is 77.4 Å². The highest BCUT2D eigenvalue weighted by Crippen LogP contribution is 2.16. The highest BCUT2D eigenvalue weighted by molar-refractivity contribution is 6.30. The van der Waals surface area contributed by atoms with Crippen molar-refractivity contribution in [1.29, 1.82) is 0 Å². The summed E-state index contributed by atoms with van der Waals surface area (Å²) in [4.78, 5) is 16.2. The van der Waals surface area contributed by atoms with E-state index >= 15 is 0 Å². The molecule has 3 aromatic rings. The number of hydrogen-bond donors (Lipinski definition) is 2. The summed E-state index contributed by atoms with van der Waals surface area (Å²) in [6.45, 7) is 0.549. The Hall–Kier alpha value is -3.25. The number of hydrogen-bond acceptors (Lipinski definition) is 5. The van der Waals surface area contributed by atoms with Crippen LogP contribution in [0, 0.1) is 0 Å². The van der Waals surface area contributed by atoms with Gasteiger partial charge in [0.05, 0.1) is 19.0 Å². The van der Waals surface area contributed by atoms with Gasteiger partial charge in [-0.05, 0) is 54.1 Å². The fraction of sp³-hybridized carbons (Fsp3) is 0.143. The number of ether oxygens (including phenoxy) is 2. The van der Waals surface area contributed by atoms with Gasteiger partial charge in [-0.15, -0.1) is 0 Å². The number of anilines is 2. The molecule has 0 aliphatic rings. The number of halogens is 1. The van der Waals surface area contributed by atoms with Gasteiger partial charge < -0.3 is 20.1 Å². The fourth-order valence-electron chi connectivity index (χ4n) is 2.38. The highest BCUT2D eigenvalue weighted by atomic mass is 35.5. The minimum atomic E-state index is -0.290. The lowest BCUT2D eigenvalue weighted by Crippen LogP contribution is -2.20. The van der Waals surface area contributed by atoms with Gasteiger partial charge in [0.2, 0.25) is 0 Å². The molecule has 1 amide bonds. The van der Waals surface area contributed by atoms with E-state index < -0.39 is 0 Å². The highest BCUT2D eigenvalue weighted by Gasteiger charge is 2.05. The topological polar surface area (TPSA) is 72.5 Å². The van der Waals surface area contributed by atoms with Crippen molar-refractivity contribution in [3.8, 4) is 11.5 Å². The van der Waals surface area contributed by atoms with Crippen LogP contribution in [0.3, 0.4) is 0 Å². The third-order valence-corrected chi connectivity index (χ3v) is 4.12. The molecule has 0 unspecified atom stereocenters. The van der Waals surface area contributed by atoms with Gasteiger partial charge in [-0.3, -0.25) is 4.79 Å². The van der Waals surface area contributed by atoms with Crippen LogP contribution in [0.15, 0.2) is 66.9 Å². The van der Waals surface area contributed by atoms with Gasteiger partial charge in [0.15, 0.2) is 6.61 Å². The van der Waals surface area contributed by atoms with E-state index in [0.717, 1.165) is 17.0 Å². The van der Waals surface area contributed by atoms with Crippen LogP contribution >= 0.6 is 11.6 Å². The normalized spacial score (nSPS) is 10.2. The summed E-state index contributed by atoms with van der Waals surface area (Å²) in [5, 5.41) is 6.59. The fourth-order valence-corrected chi connectivity index (χ4v) is 2.50. The third kappa shape index (κ3) is 5.89. The second kappa shape index (κ2) is 9.62. The second-order valence-electron chi connectivity index (χ2n) is 5.92. The molecule has 1 aromatic heterocycles. The molecule has 0 fully saturated rings. The summed E-state index contributed by atoms with van der Waals surface area (Å²) in [6, 6.07) is 18.2. The molecule has 0 atom stereocenters. The number of amides is 1. The van der Waals surface area contributed by atoms with Crippen LogP contribution in [-0.2, 0) is 11.3 Å². The predicted octanol–water partition coefficient (Wildman–Crippen LogP) is 4.37. The van der Waals surface area contributed by atoms with E-state index in [1.54, 1.807) is 43.6 Å². The van der Waals surface area contributed by atoms with Gasteiger partial charge >= 0.3 is 0 Å². The van der Waals surface area contributed by atoms with Crippen molar-refractivity contribution in [2.24, 2.45) is 0 Å². The number of carbonyl (C=O) groups is 1. The van der Waals surface area contributed by atoms with E-state index in [1.165, 1.54) is 0 Å². The molecule has 2 N–H and O–H groups in total. The zero-order valence-corrected chi connectivity index (χ0v) is 16.1. The Morgan fingerprint density at radius 3 is 2.36 bits per heavy atom. The summed E-state index contributed by atoms with van der Waals surface area (Å²) < 4.78 is 10.5. The molecule has 2 aromatic carbocycles. The van der Waals surface area contributed by atoms with Gasteiger partial charge in [0.25, 0.3) is 5.91 Å².